The Labute approximate surface area is 71.2 Å². The highest BCUT2D eigenvalue weighted by molar-refractivity contribution is 5.06. The van der Waals surface area contributed by atoms with Crippen LogP contribution >= 0.6 is 0 Å². The molecule has 1 heterocycles. The van der Waals surface area contributed by atoms with Gasteiger partial charge in [-0.15, -0.1) is 0 Å². The molecule has 0 aliphatic heterocycles. The van der Waals surface area contributed by atoms with Crippen LogP contribution in [0.2, 0.25) is 0 Å². The van der Waals surface area contributed by atoms with Crippen molar-refractivity contribution in [1.29, 1.82) is 5.26 Å². The minimum Gasteiger partial charge on any atom is -0.374 e. The maximum atomic E-state index is 8.23. The van der Waals surface area contributed by atoms with Crippen LogP contribution in [0.4, 0.5) is 0 Å². The van der Waals surface area contributed by atoms with Gasteiger partial charge in [-0.05, 0) is 6.92 Å². The number of imidazole rings is 1. The largest absolute Gasteiger partial charge is 0.374 e. The van der Waals surface area contributed by atoms with Crippen molar-refractivity contribution in [2.75, 3.05) is 6.61 Å². The smallest absolute Gasteiger partial charge is 0.0925 e. The normalized spacial score (nSPS) is 9.67. The summed E-state index contributed by atoms with van der Waals surface area (Å²) >= 11 is 0. The number of aromatic amines is 1. The number of hydrogen-bond acceptors (Lipinski definition) is 3. The number of nitriles is 1. The second kappa shape index (κ2) is 4.52. The van der Waals surface area contributed by atoms with E-state index < -0.39 is 0 Å². The van der Waals surface area contributed by atoms with Crippen molar-refractivity contribution >= 4 is 0 Å². The van der Waals surface area contributed by atoms with Gasteiger partial charge in [0, 0.05) is 0 Å². The lowest BCUT2D eigenvalue weighted by Crippen LogP contribution is -1.96. The number of aromatic nitrogens is 2. The van der Waals surface area contributed by atoms with Gasteiger partial charge in [-0.3, -0.25) is 0 Å². The van der Waals surface area contributed by atoms with Crippen molar-refractivity contribution in [1.82, 2.24) is 9.97 Å². The fourth-order valence-corrected chi connectivity index (χ4v) is 0.828. The van der Waals surface area contributed by atoms with Crippen LogP contribution in [0.1, 0.15) is 17.8 Å². The maximum Gasteiger partial charge on any atom is 0.0925 e. The lowest BCUT2D eigenvalue weighted by molar-refractivity contribution is 0.123. The minimum absolute atomic E-state index is 0.438. The molecule has 0 amide bonds. The summed E-state index contributed by atoms with van der Waals surface area (Å²) in [6.45, 7) is 2.90. The Balaban J connectivity index is 2.25. The molecule has 0 saturated heterocycles. The molecule has 0 unspecified atom stereocenters. The predicted octanol–water partition coefficient (Wildman–Crippen LogP) is 1.15. The second-order valence-corrected chi connectivity index (χ2v) is 2.43. The van der Waals surface area contributed by atoms with Gasteiger partial charge in [0.1, 0.15) is 0 Å². The SMILES string of the molecule is Cc1nc[nH]c1COCCC#N. The van der Waals surface area contributed by atoms with Gasteiger partial charge in [0.25, 0.3) is 0 Å². The first-order valence-corrected chi connectivity index (χ1v) is 3.78. The molecular formula is C8H11N3O. The number of nitrogens with one attached hydrogen (secondary N) is 1. The first-order valence-electron chi connectivity index (χ1n) is 3.78. The van der Waals surface area contributed by atoms with E-state index in [0.717, 1.165) is 11.4 Å². The summed E-state index contributed by atoms with van der Waals surface area (Å²) in [6.07, 6.45) is 2.07. The standard InChI is InChI=1S/C8H11N3O/c1-7-8(11-6-10-7)5-12-4-2-3-9/h6H,2,4-5H2,1H3,(H,10,11). The first-order chi connectivity index (χ1) is 5.84. The van der Waals surface area contributed by atoms with Gasteiger partial charge in [0.05, 0.1) is 43.4 Å². The van der Waals surface area contributed by atoms with Gasteiger partial charge in [0.15, 0.2) is 0 Å². The van der Waals surface area contributed by atoms with Crippen molar-refractivity contribution in [3.63, 3.8) is 0 Å². The van der Waals surface area contributed by atoms with Crippen LogP contribution in [0.25, 0.3) is 0 Å². The van der Waals surface area contributed by atoms with Crippen LogP contribution in [0.15, 0.2) is 6.33 Å². The van der Waals surface area contributed by atoms with Gasteiger partial charge < -0.3 is 9.72 Å². The topological polar surface area (TPSA) is 61.7 Å². The lowest BCUT2D eigenvalue weighted by Gasteiger charge is -1.99. The number of ether oxygens (including phenoxy) is 1. The van der Waals surface area contributed by atoms with Crippen molar-refractivity contribution in [3.8, 4) is 6.07 Å². The van der Waals surface area contributed by atoms with Crippen LogP contribution in [0, 0.1) is 18.3 Å². The highest BCUT2D eigenvalue weighted by Gasteiger charge is 1.98. The highest BCUT2D eigenvalue weighted by atomic mass is 16.5. The maximum absolute atomic E-state index is 8.23. The zero-order valence-corrected chi connectivity index (χ0v) is 7.00. The molecule has 4 heteroatoms. The molecule has 0 radical (unpaired) electrons. The van der Waals surface area contributed by atoms with E-state index in [4.69, 9.17) is 10.00 Å². The summed E-state index contributed by atoms with van der Waals surface area (Å²) in [5.74, 6) is 0. The molecule has 0 aliphatic carbocycles. The summed E-state index contributed by atoms with van der Waals surface area (Å²) < 4.78 is 5.21. The van der Waals surface area contributed by atoms with Gasteiger partial charge in [-0.2, -0.15) is 5.26 Å². The zero-order chi connectivity index (χ0) is 8.81. The molecule has 0 spiro atoms. The van der Waals surface area contributed by atoms with Crippen molar-refractivity contribution in [2.45, 2.75) is 20.0 Å². The monoisotopic (exact) mass is 165 g/mol. The molecule has 1 rings (SSSR count). The van der Waals surface area contributed by atoms with E-state index >= 15 is 0 Å². The Morgan fingerprint density at radius 2 is 2.58 bits per heavy atom. The minimum atomic E-state index is 0.438. The molecule has 1 aromatic rings. The van der Waals surface area contributed by atoms with Gasteiger partial charge in [-0.1, -0.05) is 0 Å². The number of nitrogens with zero attached hydrogens (tertiary/aromatic N) is 2. The highest BCUT2D eigenvalue weighted by Crippen LogP contribution is 2.01. The quantitative estimate of drug-likeness (QED) is 0.680. The second-order valence-electron chi connectivity index (χ2n) is 2.43. The summed E-state index contributed by atoms with van der Waals surface area (Å²) in [5.41, 5.74) is 1.93. The molecule has 1 aromatic heterocycles. The Morgan fingerprint density at radius 1 is 1.75 bits per heavy atom. The van der Waals surface area contributed by atoms with E-state index in [1.807, 2.05) is 13.0 Å². The molecule has 64 valence electrons. The third-order valence-corrected chi connectivity index (χ3v) is 1.54. The molecule has 0 aromatic carbocycles. The molecule has 0 fully saturated rings. The molecule has 0 saturated carbocycles. The van der Waals surface area contributed by atoms with Gasteiger partial charge in [0.2, 0.25) is 0 Å². The Hall–Kier alpha value is -1.34. The first kappa shape index (κ1) is 8.75. The number of H-pyrrole nitrogens is 1. The van der Waals surface area contributed by atoms with Crippen LogP contribution in [-0.2, 0) is 11.3 Å². The summed E-state index contributed by atoms with van der Waals surface area (Å²) in [7, 11) is 0. The Bertz CT molecular complexity index is 274. The third-order valence-electron chi connectivity index (χ3n) is 1.54. The molecule has 0 bridgehead atoms. The van der Waals surface area contributed by atoms with Crippen LogP contribution in [-0.4, -0.2) is 16.6 Å². The average Bonchev–Trinajstić information content (AvgIpc) is 2.46. The van der Waals surface area contributed by atoms with Crippen LogP contribution in [0.3, 0.4) is 0 Å². The fourth-order valence-electron chi connectivity index (χ4n) is 0.828. The summed E-state index contributed by atoms with van der Waals surface area (Å²) in [6, 6.07) is 2.01. The van der Waals surface area contributed by atoms with Crippen LogP contribution < -0.4 is 0 Å². The van der Waals surface area contributed by atoms with E-state index in [-0.39, 0.29) is 0 Å². The van der Waals surface area contributed by atoms with E-state index in [2.05, 4.69) is 9.97 Å². The van der Waals surface area contributed by atoms with Crippen molar-refractivity contribution in [2.24, 2.45) is 0 Å². The average molecular weight is 165 g/mol. The number of rotatable bonds is 4. The fraction of sp³-hybridized carbons (Fsp3) is 0.500. The van der Waals surface area contributed by atoms with Crippen molar-refractivity contribution in [3.05, 3.63) is 17.7 Å². The Kier molecular flexibility index (Phi) is 3.30. The lowest BCUT2D eigenvalue weighted by atomic mass is 10.4. The molecule has 0 aliphatic rings. The predicted molar refractivity (Wildman–Crippen MR) is 43.2 cm³/mol. The molecule has 12 heavy (non-hydrogen) atoms. The van der Waals surface area contributed by atoms with E-state index in [1.54, 1.807) is 6.33 Å². The summed E-state index contributed by atoms with van der Waals surface area (Å²) in [4.78, 5) is 6.98. The van der Waals surface area contributed by atoms with Gasteiger partial charge >= 0.3 is 0 Å². The molecule has 1 N–H and O–H groups in total. The third kappa shape index (κ3) is 2.36. The van der Waals surface area contributed by atoms with Crippen LogP contribution in [0.5, 0.6) is 0 Å². The summed E-state index contributed by atoms with van der Waals surface area (Å²) in [5, 5.41) is 8.23. The number of hydrogen-bond donors (Lipinski definition) is 1. The molecular weight excluding hydrogens is 154 g/mol. The number of aryl methyl sites for hydroxylation is 1. The van der Waals surface area contributed by atoms with Gasteiger partial charge in [-0.25, -0.2) is 4.98 Å². The zero-order valence-electron chi connectivity index (χ0n) is 7.00. The van der Waals surface area contributed by atoms with E-state index in [9.17, 15) is 0 Å². The Morgan fingerprint density at radius 3 is 3.17 bits per heavy atom. The molecule has 0 atom stereocenters. The van der Waals surface area contributed by atoms with E-state index in [1.165, 1.54) is 0 Å². The van der Waals surface area contributed by atoms with Crippen molar-refractivity contribution < 1.29 is 4.74 Å². The van der Waals surface area contributed by atoms with E-state index in [0.29, 0.717) is 19.6 Å². The molecule has 4 nitrogen and oxygen atoms in total.